The largest absolute Gasteiger partial charge is 0.406 e. The molecular formula is C14H13F3N4O2. The Morgan fingerprint density at radius 3 is 2.70 bits per heavy atom. The SMILES string of the molecule is C=CCN(CC(F)(F)F)C(=O)Cn1nnc2ccccc2c1=O. The average Bonchev–Trinajstić information content (AvgIpc) is 2.48. The Bertz CT molecular complexity index is 785. The predicted molar refractivity (Wildman–Crippen MR) is 76.6 cm³/mol. The first-order chi connectivity index (χ1) is 10.8. The molecule has 1 amide bonds. The molecule has 0 spiro atoms. The van der Waals surface area contributed by atoms with Crippen LogP contribution in [0.5, 0.6) is 0 Å². The third kappa shape index (κ3) is 4.15. The first kappa shape index (κ1) is 16.7. The van der Waals surface area contributed by atoms with E-state index in [9.17, 15) is 22.8 Å². The van der Waals surface area contributed by atoms with Crippen LogP contribution in [0, 0.1) is 0 Å². The molecule has 2 rings (SSSR count). The van der Waals surface area contributed by atoms with Gasteiger partial charge in [0.05, 0.1) is 5.39 Å². The van der Waals surface area contributed by atoms with Crippen LogP contribution in [0.1, 0.15) is 0 Å². The number of carbonyl (C=O) groups excluding carboxylic acids is 1. The molecule has 0 bridgehead atoms. The number of aromatic nitrogens is 3. The first-order valence-corrected chi connectivity index (χ1v) is 6.60. The Morgan fingerprint density at radius 1 is 1.35 bits per heavy atom. The van der Waals surface area contributed by atoms with Gasteiger partial charge in [-0.25, -0.2) is 4.68 Å². The normalized spacial score (nSPS) is 11.4. The van der Waals surface area contributed by atoms with Crippen LogP contribution in [0.15, 0.2) is 41.7 Å². The van der Waals surface area contributed by atoms with Gasteiger partial charge in [0.15, 0.2) is 0 Å². The number of rotatable bonds is 5. The molecule has 23 heavy (non-hydrogen) atoms. The van der Waals surface area contributed by atoms with Crippen molar-refractivity contribution in [3.05, 3.63) is 47.3 Å². The highest BCUT2D eigenvalue weighted by atomic mass is 19.4. The second kappa shape index (κ2) is 6.59. The number of fused-ring (bicyclic) bond motifs is 1. The zero-order valence-electron chi connectivity index (χ0n) is 12.0. The van der Waals surface area contributed by atoms with Crippen LogP contribution < -0.4 is 5.56 Å². The summed E-state index contributed by atoms with van der Waals surface area (Å²) in [6.45, 7) is 0.990. The number of amides is 1. The van der Waals surface area contributed by atoms with Crippen LogP contribution in [0.4, 0.5) is 13.2 Å². The fourth-order valence-corrected chi connectivity index (χ4v) is 1.98. The molecule has 0 radical (unpaired) electrons. The molecule has 0 aliphatic carbocycles. The van der Waals surface area contributed by atoms with Crippen molar-refractivity contribution < 1.29 is 18.0 Å². The molecule has 0 saturated heterocycles. The number of benzene rings is 1. The van der Waals surface area contributed by atoms with Gasteiger partial charge >= 0.3 is 6.18 Å². The minimum atomic E-state index is -4.54. The van der Waals surface area contributed by atoms with Crippen molar-refractivity contribution in [1.82, 2.24) is 19.9 Å². The number of hydrogen-bond donors (Lipinski definition) is 0. The van der Waals surface area contributed by atoms with Crippen LogP contribution in [0.2, 0.25) is 0 Å². The lowest BCUT2D eigenvalue weighted by molar-refractivity contribution is -0.160. The zero-order valence-corrected chi connectivity index (χ0v) is 12.0. The van der Waals surface area contributed by atoms with Gasteiger partial charge in [-0.1, -0.05) is 23.4 Å². The molecule has 2 aromatic rings. The van der Waals surface area contributed by atoms with E-state index in [-0.39, 0.29) is 11.9 Å². The Balaban J connectivity index is 2.26. The van der Waals surface area contributed by atoms with E-state index in [0.717, 1.165) is 4.68 Å². The summed E-state index contributed by atoms with van der Waals surface area (Å²) in [4.78, 5) is 24.7. The van der Waals surface area contributed by atoms with Crippen molar-refractivity contribution >= 4 is 16.8 Å². The van der Waals surface area contributed by atoms with E-state index >= 15 is 0 Å². The standard InChI is InChI=1S/C14H13F3N4O2/c1-2-7-20(9-14(15,16)17)12(22)8-21-13(23)10-5-3-4-6-11(10)18-19-21/h2-6H,1,7-9H2. The summed E-state index contributed by atoms with van der Waals surface area (Å²) in [5.41, 5.74) is -0.242. The van der Waals surface area contributed by atoms with Crippen LogP contribution in [-0.4, -0.2) is 45.1 Å². The third-order valence-corrected chi connectivity index (χ3v) is 2.99. The van der Waals surface area contributed by atoms with Crippen molar-refractivity contribution in [3.8, 4) is 0 Å². The molecule has 122 valence electrons. The van der Waals surface area contributed by atoms with Gasteiger partial charge in [-0.05, 0) is 12.1 Å². The van der Waals surface area contributed by atoms with E-state index < -0.39 is 30.7 Å². The van der Waals surface area contributed by atoms with Gasteiger partial charge in [0.2, 0.25) is 5.91 Å². The lowest BCUT2D eigenvalue weighted by Gasteiger charge is -2.22. The number of alkyl halides is 3. The van der Waals surface area contributed by atoms with E-state index in [0.29, 0.717) is 10.4 Å². The summed E-state index contributed by atoms with van der Waals surface area (Å²) in [5.74, 6) is -0.895. The molecule has 1 heterocycles. The Morgan fingerprint density at radius 2 is 2.04 bits per heavy atom. The molecule has 6 nitrogen and oxygen atoms in total. The second-order valence-corrected chi connectivity index (χ2v) is 4.75. The molecule has 0 saturated carbocycles. The molecule has 0 fully saturated rings. The van der Waals surface area contributed by atoms with Crippen LogP contribution >= 0.6 is 0 Å². The molecule has 0 N–H and O–H groups in total. The number of carbonyl (C=O) groups is 1. The van der Waals surface area contributed by atoms with Crippen LogP contribution in [0.25, 0.3) is 10.9 Å². The molecule has 0 atom stereocenters. The lowest BCUT2D eigenvalue weighted by Crippen LogP contribution is -2.42. The summed E-state index contributed by atoms with van der Waals surface area (Å²) in [7, 11) is 0. The van der Waals surface area contributed by atoms with E-state index in [2.05, 4.69) is 16.9 Å². The summed E-state index contributed by atoms with van der Waals surface area (Å²) in [6, 6.07) is 6.36. The number of hydrogen-bond acceptors (Lipinski definition) is 4. The number of halogens is 3. The van der Waals surface area contributed by atoms with Crippen LogP contribution in [-0.2, 0) is 11.3 Å². The van der Waals surface area contributed by atoms with Crippen molar-refractivity contribution in [3.63, 3.8) is 0 Å². The van der Waals surface area contributed by atoms with Gasteiger partial charge < -0.3 is 4.90 Å². The van der Waals surface area contributed by atoms with Gasteiger partial charge in [0.1, 0.15) is 18.6 Å². The molecular weight excluding hydrogens is 313 g/mol. The van der Waals surface area contributed by atoms with Crippen molar-refractivity contribution in [2.45, 2.75) is 12.7 Å². The van der Waals surface area contributed by atoms with Crippen molar-refractivity contribution in [1.29, 1.82) is 0 Å². The summed E-state index contributed by atoms with van der Waals surface area (Å²) in [5, 5.41) is 7.60. The molecule has 0 aliphatic heterocycles. The summed E-state index contributed by atoms with van der Waals surface area (Å²) in [6.07, 6.45) is -3.36. The highest BCUT2D eigenvalue weighted by molar-refractivity contribution is 5.78. The summed E-state index contributed by atoms with van der Waals surface area (Å²) < 4.78 is 38.2. The Labute approximate surface area is 128 Å². The Kier molecular flexibility index (Phi) is 4.77. The van der Waals surface area contributed by atoms with Gasteiger partial charge in [-0.15, -0.1) is 11.7 Å². The van der Waals surface area contributed by atoms with Gasteiger partial charge in [0.25, 0.3) is 5.56 Å². The smallest absolute Gasteiger partial charge is 0.328 e. The minimum absolute atomic E-state index is 0.237. The van der Waals surface area contributed by atoms with Crippen molar-refractivity contribution in [2.24, 2.45) is 0 Å². The van der Waals surface area contributed by atoms with Gasteiger partial charge in [0, 0.05) is 6.54 Å². The third-order valence-electron chi connectivity index (χ3n) is 2.99. The fourth-order valence-electron chi connectivity index (χ4n) is 1.98. The second-order valence-electron chi connectivity index (χ2n) is 4.75. The quantitative estimate of drug-likeness (QED) is 0.778. The first-order valence-electron chi connectivity index (χ1n) is 6.60. The van der Waals surface area contributed by atoms with E-state index in [1.54, 1.807) is 18.2 Å². The van der Waals surface area contributed by atoms with Crippen molar-refractivity contribution in [2.75, 3.05) is 13.1 Å². The monoisotopic (exact) mass is 326 g/mol. The van der Waals surface area contributed by atoms with E-state index in [1.807, 2.05) is 0 Å². The average molecular weight is 326 g/mol. The highest BCUT2D eigenvalue weighted by Gasteiger charge is 2.32. The van der Waals surface area contributed by atoms with Gasteiger partial charge in [-0.3, -0.25) is 9.59 Å². The topological polar surface area (TPSA) is 68.1 Å². The fraction of sp³-hybridized carbons (Fsp3) is 0.286. The maximum absolute atomic E-state index is 12.5. The zero-order chi connectivity index (χ0) is 17.0. The predicted octanol–water partition coefficient (Wildman–Crippen LogP) is 1.37. The Hall–Kier alpha value is -2.71. The lowest BCUT2D eigenvalue weighted by atomic mass is 10.2. The van der Waals surface area contributed by atoms with E-state index in [4.69, 9.17) is 0 Å². The maximum Gasteiger partial charge on any atom is 0.406 e. The van der Waals surface area contributed by atoms with Gasteiger partial charge in [-0.2, -0.15) is 13.2 Å². The summed E-state index contributed by atoms with van der Waals surface area (Å²) >= 11 is 0. The molecule has 0 unspecified atom stereocenters. The van der Waals surface area contributed by atoms with Crippen LogP contribution in [0.3, 0.4) is 0 Å². The molecule has 1 aromatic carbocycles. The molecule has 9 heteroatoms. The maximum atomic E-state index is 12.5. The minimum Gasteiger partial charge on any atom is -0.328 e. The molecule has 1 aromatic heterocycles. The molecule has 0 aliphatic rings. The highest BCUT2D eigenvalue weighted by Crippen LogP contribution is 2.16. The van der Waals surface area contributed by atoms with E-state index in [1.165, 1.54) is 12.1 Å². The number of nitrogens with zero attached hydrogens (tertiary/aromatic N) is 4.